The van der Waals surface area contributed by atoms with Gasteiger partial charge in [0.2, 0.25) is 0 Å². The van der Waals surface area contributed by atoms with Gasteiger partial charge in [0.15, 0.2) is 0 Å². The number of thiazole rings is 1. The van der Waals surface area contributed by atoms with Crippen LogP contribution in [0.4, 0.5) is 0 Å². The van der Waals surface area contributed by atoms with Crippen LogP contribution in [0.2, 0.25) is 0 Å². The van der Waals surface area contributed by atoms with Crippen LogP contribution in [-0.4, -0.2) is 17.6 Å². The van der Waals surface area contributed by atoms with Crippen molar-refractivity contribution in [3.8, 4) is 0 Å². The van der Waals surface area contributed by atoms with Gasteiger partial charge in [-0.25, -0.2) is 4.98 Å². The van der Waals surface area contributed by atoms with E-state index in [0.717, 1.165) is 18.5 Å². The summed E-state index contributed by atoms with van der Waals surface area (Å²) in [6, 6.07) is 8.92. The average molecular weight is 276 g/mol. The van der Waals surface area contributed by atoms with E-state index in [4.69, 9.17) is 4.98 Å². The maximum Gasteiger partial charge on any atom is 0.0954 e. The molecule has 0 aliphatic rings. The molecule has 2 rings (SSSR count). The molecule has 1 N–H and O–H groups in total. The Balaban J connectivity index is 2.11. The number of rotatable bonds is 5. The Morgan fingerprint density at radius 1 is 1.26 bits per heavy atom. The molecule has 0 amide bonds. The number of fused-ring (bicyclic) bond motifs is 1. The van der Waals surface area contributed by atoms with Crippen LogP contribution < -0.4 is 5.32 Å². The van der Waals surface area contributed by atoms with Gasteiger partial charge >= 0.3 is 0 Å². The van der Waals surface area contributed by atoms with E-state index in [-0.39, 0.29) is 0 Å². The Labute approximate surface area is 120 Å². The van der Waals surface area contributed by atoms with E-state index < -0.39 is 0 Å². The molecule has 19 heavy (non-hydrogen) atoms. The van der Waals surface area contributed by atoms with Crippen LogP contribution in [0.15, 0.2) is 24.3 Å². The molecule has 0 bridgehead atoms. The first-order chi connectivity index (χ1) is 8.98. The zero-order valence-electron chi connectivity index (χ0n) is 12.4. The number of nitrogens with one attached hydrogen (secondary N) is 1. The Hall–Kier alpha value is -0.930. The van der Waals surface area contributed by atoms with E-state index in [1.165, 1.54) is 16.1 Å². The van der Waals surface area contributed by atoms with E-state index in [0.29, 0.717) is 11.5 Å². The van der Waals surface area contributed by atoms with Crippen molar-refractivity contribution in [2.75, 3.05) is 6.54 Å². The average Bonchev–Trinajstić information content (AvgIpc) is 2.69. The van der Waals surface area contributed by atoms with Crippen molar-refractivity contribution >= 4 is 21.6 Å². The normalized spacial score (nSPS) is 13.9. The standard InChI is InChI=1S/C16H24N2S/c1-5-17-12(11-16(2,3)4)10-15-18-13-8-6-7-9-14(13)19-15/h6-9,12,17H,5,10-11H2,1-4H3. The minimum atomic E-state index is 0.351. The van der Waals surface area contributed by atoms with Crippen molar-refractivity contribution in [1.29, 1.82) is 0 Å². The van der Waals surface area contributed by atoms with Gasteiger partial charge in [0, 0.05) is 12.5 Å². The summed E-state index contributed by atoms with van der Waals surface area (Å²) in [5.41, 5.74) is 1.48. The third-order valence-electron chi connectivity index (χ3n) is 3.11. The molecule has 3 heteroatoms. The van der Waals surface area contributed by atoms with Crippen molar-refractivity contribution in [3.05, 3.63) is 29.3 Å². The lowest BCUT2D eigenvalue weighted by atomic mass is 9.87. The van der Waals surface area contributed by atoms with E-state index >= 15 is 0 Å². The highest BCUT2D eigenvalue weighted by Gasteiger charge is 2.19. The maximum atomic E-state index is 4.74. The first-order valence-corrected chi connectivity index (χ1v) is 7.87. The van der Waals surface area contributed by atoms with E-state index in [1.807, 2.05) is 11.3 Å². The molecule has 0 saturated heterocycles. The first kappa shape index (κ1) is 14.5. The Bertz CT molecular complexity index is 492. The van der Waals surface area contributed by atoms with Gasteiger partial charge in [-0.3, -0.25) is 0 Å². The Morgan fingerprint density at radius 3 is 2.63 bits per heavy atom. The SMILES string of the molecule is CCNC(Cc1nc2ccccc2s1)CC(C)(C)C. The maximum absolute atomic E-state index is 4.74. The van der Waals surface area contributed by atoms with E-state index in [2.05, 4.69) is 57.3 Å². The first-order valence-electron chi connectivity index (χ1n) is 7.06. The van der Waals surface area contributed by atoms with Crippen LogP contribution in [0.3, 0.4) is 0 Å². The highest BCUT2D eigenvalue weighted by Crippen LogP contribution is 2.26. The number of aromatic nitrogens is 1. The van der Waals surface area contributed by atoms with Gasteiger partial charge in [0.1, 0.15) is 0 Å². The molecular formula is C16H24N2S. The largest absolute Gasteiger partial charge is 0.314 e. The molecule has 1 atom stereocenters. The molecule has 0 spiro atoms. The monoisotopic (exact) mass is 276 g/mol. The van der Waals surface area contributed by atoms with Gasteiger partial charge in [-0.15, -0.1) is 11.3 Å². The topological polar surface area (TPSA) is 24.9 Å². The second-order valence-electron chi connectivity index (χ2n) is 6.30. The molecule has 0 aliphatic heterocycles. The number of hydrogen-bond acceptors (Lipinski definition) is 3. The molecule has 2 nitrogen and oxygen atoms in total. The fourth-order valence-corrected chi connectivity index (χ4v) is 3.51. The summed E-state index contributed by atoms with van der Waals surface area (Å²) >= 11 is 1.83. The molecule has 1 heterocycles. The summed E-state index contributed by atoms with van der Waals surface area (Å²) in [5, 5.41) is 4.85. The van der Waals surface area contributed by atoms with Crippen LogP contribution in [0, 0.1) is 5.41 Å². The zero-order valence-corrected chi connectivity index (χ0v) is 13.2. The van der Waals surface area contributed by atoms with Crippen molar-refractivity contribution in [2.24, 2.45) is 5.41 Å². The Morgan fingerprint density at radius 2 is 2.00 bits per heavy atom. The second kappa shape index (κ2) is 6.02. The van der Waals surface area contributed by atoms with Gasteiger partial charge in [-0.2, -0.15) is 0 Å². The molecule has 104 valence electrons. The molecule has 0 saturated carbocycles. The number of nitrogens with zero attached hydrogens (tertiary/aromatic N) is 1. The molecular weight excluding hydrogens is 252 g/mol. The highest BCUT2D eigenvalue weighted by atomic mass is 32.1. The van der Waals surface area contributed by atoms with Crippen molar-refractivity contribution in [1.82, 2.24) is 10.3 Å². The van der Waals surface area contributed by atoms with Gasteiger partial charge in [0.25, 0.3) is 0 Å². The molecule has 1 aromatic carbocycles. The van der Waals surface area contributed by atoms with Crippen LogP contribution in [0.25, 0.3) is 10.2 Å². The van der Waals surface area contributed by atoms with Gasteiger partial charge in [0.05, 0.1) is 15.2 Å². The van der Waals surface area contributed by atoms with Gasteiger partial charge < -0.3 is 5.32 Å². The van der Waals surface area contributed by atoms with Crippen molar-refractivity contribution in [2.45, 2.75) is 46.6 Å². The predicted molar refractivity (Wildman–Crippen MR) is 84.9 cm³/mol. The smallest absolute Gasteiger partial charge is 0.0954 e. The third-order valence-corrected chi connectivity index (χ3v) is 4.17. The second-order valence-corrected chi connectivity index (χ2v) is 7.41. The highest BCUT2D eigenvalue weighted by molar-refractivity contribution is 7.18. The summed E-state index contributed by atoms with van der Waals surface area (Å²) in [4.78, 5) is 4.74. The number of para-hydroxylation sites is 1. The lowest BCUT2D eigenvalue weighted by molar-refractivity contribution is 0.309. The fraction of sp³-hybridized carbons (Fsp3) is 0.562. The summed E-state index contributed by atoms with van der Waals surface area (Å²) in [7, 11) is 0. The van der Waals surface area contributed by atoms with Gasteiger partial charge in [-0.05, 0) is 30.5 Å². The Kier molecular flexibility index (Phi) is 4.58. The quantitative estimate of drug-likeness (QED) is 0.883. The zero-order chi connectivity index (χ0) is 13.9. The van der Waals surface area contributed by atoms with Crippen LogP contribution in [0.1, 0.15) is 39.1 Å². The van der Waals surface area contributed by atoms with Crippen LogP contribution in [0.5, 0.6) is 0 Å². The predicted octanol–water partition coefficient (Wildman–Crippen LogP) is 4.25. The molecule has 0 aliphatic carbocycles. The van der Waals surface area contributed by atoms with E-state index in [1.54, 1.807) is 0 Å². The third kappa shape index (κ3) is 4.29. The molecule has 1 aromatic heterocycles. The summed E-state index contributed by atoms with van der Waals surface area (Å²) in [6.07, 6.45) is 2.21. The lowest BCUT2D eigenvalue weighted by Crippen LogP contribution is -2.34. The lowest BCUT2D eigenvalue weighted by Gasteiger charge is -2.26. The van der Waals surface area contributed by atoms with E-state index in [9.17, 15) is 0 Å². The van der Waals surface area contributed by atoms with Crippen molar-refractivity contribution < 1.29 is 0 Å². The van der Waals surface area contributed by atoms with Crippen LogP contribution in [-0.2, 0) is 6.42 Å². The fourth-order valence-electron chi connectivity index (χ4n) is 2.46. The van der Waals surface area contributed by atoms with Crippen LogP contribution >= 0.6 is 11.3 Å². The number of likely N-dealkylation sites (N-methyl/N-ethyl adjacent to an activating group) is 1. The minimum absolute atomic E-state index is 0.351. The van der Waals surface area contributed by atoms with Crippen molar-refractivity contribution in [3.63, 3.8) is 0 Å². The molecule has 0 fully saturated rings. The number of benzene rings is 1. The number of hydrogen-bond donors (Lipinski definition) is 1. The summed E-state index contributed by atoms with van der Waals surface area (Å²) in [6.45, 7) is 10.1. The minimum Gasteiger partial charge on any atom is -0.314 e. The summed E-state index contributed by atoms with van der Waals surface area (Å²) < 4.78 is 1.29. The summed E-state index contributed by atoms with van der Waals surface area (Å²) in [5.74, 6) is 0. The molecule has 0 radical (unpaired) electrons. The molecule has 1 unspecified atom stereocenters. The molecule has 2 aromatic rings. The van der Waals surface area contributed by atoms with Gasteiger partial charge in [-0.1, -0.05) is 39.8 Å².